The highest BCUT2D eigenvalue weighted by Crippen LogP contribution is 2.39. The summed E-state index contributed by atoms with van der Waals surface area (Å²) in [5.41, 5.74) is 5.40. The minimum absolute atomic E-state index is 0.116. The third-order valence-corrected chi connectivity index (χ3v) is 5.29. The first kappa shape index (κ1) is 15.2. The van der Waals surface area contributed by atoms with Gasteiger partial charge in [-0.05, 0) is 12.8 Å². The summed E-state index contributed by atoms with van der Waals surface area (Å²) >= 11 is 0. The third-order valence-electron chi connectivity index (χ3n) is 4.12. The monoisotopic (exact) mass is 303 g/mol. The number of nitrogens with two attached hydrogens (primary N) is 1. The standard InChI is InChI=1S/C12H21N3O4S/c1-3-4-8-11-9(5-6-14(11)10(16)7-13)15(12(8)17)20(2,18)19/h8-9,11H,3-7,13H2,1-2H3/t8-,9+,11-/m1/s1. The van der Waals surface area contributed by atoms with E-state index in [2.05, 4.69) is 0 Å². The Morgan fingerprint density at radius 3 is 2.60 bits per heavy atom. The van der Waals surface area contributed by atoms with Crippen LogP contribution in [0.4, 0.5) is 0 Å². The van der Waals surface area contributed by atoms with Crippen LogP contribution in [0.15, 0.2) is 0 Å². The van der Waals surface area contributed by atoms with E-state index in [1.165, 1.54) is 0 Å². The molecular weight excluding hydrogens is 282 g/mol. The maximum Gasteiger partial charge on any atom is 0.241 e. The summed E-state index contributed by atoms with van der Waals surface area (Å²) in [5.74, 6) is -1.03. The number of carbonyl (C=O) groups excluding carboxylic acids is 2. The molecular formula is C12H21N3O4S. The van der Waals surface area contributed by atoms with Crippen LogP contribution in [0.2, 0.25) is 0 Å². The number of fused-ring (bicyclic) bond motifs is 1. The molecule has 2 saturated heterocycles. The van der Waals surface area contributed by atoms with Crippen LogP contribution < -0.4 is 5.73 Å². The molecule has 0 aromatic heterocycles. The van der Waals surface area contributed by atoms with Gasteiger partial charge in [0, 0.05) is 6.54 Å². The van der Waals surface area contributed by atoms with E-state index in [1.807, 2.05) is 6.92 Å². The van der Waals surface area contributed by atoms with Gasteiger partial charge in [-0.15, -0.1) is 0 Å². The summed E-state index contributed by atoms with van der Waals surface area (Å²) < 4.78 is 24.7. The Kier molecular flexibility index (Phi) is 4.06. The summed E-state index contributed by atoms with van der Waals surface area (Å²) in [5, 5.41) is 0. The molecule has 114 valence electrons. The van der Waals surface area contributed by atoms with Crippen LogP contribution in [-0.2, 0) is 19.6 Å². The second kappa shape index (κ2) is 5.33. The summed E-state index contributed by atoms with van der Waals surface area (Å²) in [4.78, 5) is 25.9. The first-order valence-electron chi connectivity index (χ1n) is 6.85. The molecule has 2 N–H and O–H groups in total. The van der Waals surface area contributed by atoms with Crippen molar-refractivity contribution in [2.45, 2.75) is 38.3 Å². The molecule has 8 heteroatoms. The van der Waals surface area contributed by atoms with Crippen LogP contribution >= 0.6 is 0 Å². The van der Waals surface area contributed by atoms with E-state index in [0.29, 0.717) is 19.4 Å². The second-order valence-electron chi connectivity index (χ2n) is 5.43. The summed E-state index contributed by atoms with van der Waals surface area (Å²) in [6.45, 7) is 2.29. The molecule has 0 bridgehead atoms. The lowest BCUT2D eigenvalue weighted by molar-refractivity contribution is -0.132. The number of sulfonamides is 1. The average molecular weight is 303 g/mol. The number of carbonyl (C=O) groups is 2. The molecule has 2 aliphatic heterocycles. The number of hydrogen-bond donors (Lipinski definition) is 1. The van der Waals surface area contributed by atoms with Crippen LogP contribution in [-0.4, -0.2) is 60.9 Å². The van der Waals surface area contributed by atoms with Gasteiger partial charge in [-0.3, -0.25) is 9.59 Å². The highest BCUT2D eigenvalue weighted by atomic mass is 32.2. The van der Waals surface area contributed by atoms with Crippen LogP contribution in [0.1, 0.15) is 26.2 Å². The van der Waals surface area contributed by atoms with E-state index in [-0.39, 0.29) is 24.4 Å². The molecule has 2 heterocycles. The van der Waals surface area contributed by atoms with Crippen LogP contribution in [0.25, 0.3) is 0 Å². The fraction of sp³-hybridized carbons (Fsp3) is 0.833. The number of likely N-dealkylation sites (tertiary alicyclic amines) is 1. The quantitative estimate of drug-likeness (QED) is 0.728. The van der Waals surface area contributed by atoms with E-state index >= 15 is 0 Å². The van der Waals surface area contributed by atoms with Gasteiger partial charge in [0.2, 0.25) is 21.8 Å². The van der Waals surface area contributed by atoms with Crippen molar-refractivity contribution in [1.82, 2.24) is 9.21 Å². The largest absolute Gasteiger partial charge is 0.336 e. The molecule has 0 aromatic carbocycles. The van der Waals surface area contributed by atoms with Crippen LogP contribution in [0.5, 0.6) is 0 Å². The Balaban J connectivity index is 2.38. The minimum atomic E-state index is -3.60. The Morgan fingerprint density at radius 1 is 1.45 bits per heavy atom. The smallest absolute Gasteiger partial charge is 0.241 e. The van der Waals surface area contributed by atoms with Gasteiger partial charge in [0.25, 0.3) is 0 Å². The molecule has 3 atom stereocenters. The Labute approximate surface area is 119 Å². The zero-order valence-electron chi connectivity index (χ0n) is 11.8. The molecule has 0 radical (unpaired) electrons. The maximum absolute atomic E-state index is 12.4. The Morgan fingerprint density at radius 2 is 2.10 bits per heavy atom. The first-order chi connectivity index (χ1) is 9.32. The van der Waals surface area contributed by atoms with Gasteiger partial charge in [-0.25, -0.2) is 12.7 Å². The molecule has 2 rings (SSSR count). The number of amides is 2. The van der Waals surface area contributed by atoms with Gasteiger partial charge in [-0.2, -0.15) is 0 Å². The fourth-order valence-electron chi connectivity index (χ4n) is 3.44. The first-order valence-corrected chi connectivity index (χ1v) is 8.70. The third kappa shape index (κ3) is 2.31. The molecule has 0 aromatic rings. The van der Waals surface area contributed by atoms with Crippen molar-refractivity contribution in [2.75, 3.05) is 19.3 Å². The van der Waals surface area contributed by atoms with E-state index in [0.717, 1.165) is 17.0 Å². The predicted molar refractivity (Wildman–Crippen MR) is 73.0 cm³/mol. The molecule has 2 fully saturated rings. The van der Waals surface area contributed by atoms with Gasteiger partial charge < -0.3 is 10.6 Å². The summed E-state index contributed by atoms with van der Waals surface area (Å²) in [6, 6.07) is -0.780. The van der Waals surface area contributed by atoms with E-state index in [4.69, 9.17) is 5.73 Å². The van der Waals surface area contributed by atoms with Gasteiger partial charge in [0.05, 0.1) is 30.8 Å². The number of rotatable bonds is 4. The van der Waals surface area contributed by atoms with Gasteiger partial charge >= 0.3 is 0 Å². The normalized spacial score (nSPS) is 29.9. The SMILES string of the molecule is CCC[C@H]1C(=O)N(S(C)(=O)=O)[C@H]2CCN(C(=O)CN)[C@H]12. The topological polar surface area (TPSA) is 101 Å². The Bertz CT molecular complexity index is 519. The van der Waals surface area contributed by atoms with Gasteiger partial charge in [-0.1, -0.05) is 13.3 Å². The van der Waals surface area contributed by atoms with Gasteiger partial charge in [0.15, 0.2) is 0 Å². The predicted octanol–water partition coefficient (Wildman–Crippen LogP) is -0.867. The molecule has 0 aliphatic carbocycles. The zero-order valence-corrected chi connectivity index (χ0v) is 12.6. The number of nitrogens with zero attached hydrogens (tertiary/aromatic N) is 2. The van der Waals surface area contributed by atoms with Crippen molar-refractivity contribution < 1.29 is 18.0 Å². The van der Waals surface area contributed by atoms with E-state index in [1.54, 1.807) is 4.90 Å². The van der Waals surface area contributed by atoms with Crippen LogP contribution in [0, 0.1) is 5.92 Å². The van der Waals surface area contributed by atoms with Crippen molar-refractivity contribution in [1.29, 1.82) is 0 Å². The molecule has 7 nitrogen and oxygen atoms in total. The molecule has 0 saturated carbocycles. The summed E-state index contributed by atoms with van der Waals surface area (Å²) in [6.07, 6.45) is 2.89. The van der Waals surface area contributed by atoms with Crippen molar-refractivity contribution in [3.8, 4) is 0 Å². The van der Waals surface area contributed by atoms with Crippen molar-refractivity contribution >= 4 is 21.8 Å². The highest BCUT2D eigenvalue weighted by molar-refractivity contribution is 7.88. The van der Waals surface area contributed by atoms with Crippen molar-refractivity contribution in [3.63, 3.8) is 0 Å². The maximum atomic E-state index is 12.4. The lowest BCUT2D eigenvalue weighted by Crippen LogP contribution is -2.45. The minimum Gasteiger partial charge on any atom is -0.336 e. The molecule has 0 spiro atoms. The van der Waals surface area contributed by atoms with Crippen LogP contribution in [0.3, 0.4) is 0 Å². The van der Waals surface area contributed by atoms with E-state index in [9.17, 15) is 18.0 Å². The molecule has 2 aliphatic rings. The molecule has 2 amide bonds. The number of hydrogen-bond acceptors (Lipinski definition) is 5. The lowest BCUT2D eigenvalue weighted by Gasteiger charge is -2.26. The molecule has 20 heavy (non-hydrogen) atoms. The molecule has 0 unspecified atom stereocenters. The fourth-order valence-corrected chi connectivity index (χ4v) is 4.62. The Hall–Kier alpha value is -1.15. The zero-order chi connectivity index (χ0) is 15.1. The summed E-state index contributed by atoms with van der Waals surface area (Å²) in [7, 11) is -3.60. The second-order valence-corrected chi connectivity index (χ2v) is 7.29. The highest BCUT2D eigenvalue weighted by Gasteiger charge is 2.56. The lowest BCUT2D eigenvalue weighted by atomic mass is 9.94. The average Bonchev–Trinajstić information content (AvgIpc) is 2.87. The van der Waals surface area contributed by atoms with Gasteiger partial charge in [0.1, 0.15) is 0 Å². The van der Waals surface area contributed by atoms with Crippen molar-refractivity contribution in [3.05, 3.63) is 0 Å². The van der Waals surface area contributed by atoms with Crippen molar-refractivity contribution in [2.24, 2.45) is 11.7 Å². The van der Waals surface area contributed by atoms with E-state index < -0.39 is 22.0 Å².